The maximum Gasteiger partial charge on any atom is 0.252 e. The fourth-order valence-corrected chi connectivity index (χ4v) is 4.23. The Kier molecular flexibility index (Phi) is 7.05. The number of carbonyl (C=O) groups excluding carboxylic acids is 1. The van der Waals surface area contributed by atoms with Gasteiger partial charge >= 0.3 is 0 Å². The van der Waals surface area contributed by atoms with Crippen molar-refractivity contribution in [3.05, 3.63) is 87.3 Å². The fraction of sp³-hybridized carbons (Fsp3) is 0.321. The van der Waals surface area contributed by atoms with Gasteiger partial charge in [0, 0.05) is 18.0 Å². The molecule has 4 rings (SSSR count). The molecular formula is C28H32N4O3. The Bertz CT molecular complexity index is 1400. The minimum atomic E-state index is -0.244. The number of pyridine rings is 1. The highest BCUT2D eigenvalue weighted by atomic mass is 16.5. The van der Waals surface area contributed by atoms with Gasteiger partial charge < -0.3 is 10.1 Å². The summed E-state index contributed by atoms with van der Waals surface area (Å²) in [6, 6.07) is 17.3. The molecule has 0 aliphatic heterocycles. The molecule has 0 fully saturated rings. The number of hydrogen-bond donors (Lipinski definition) is 1. The van der Waals surface area contributed by atoms with Crippen molar-refractivity contribution in [1.82, 2.24) is 19.7 Å². The van der Waals surface area contributed by atoms with Crippen LogP contribution in [0, 0.1) is 13.8 Å². The first-order valence-corrected chi connectivity index (χ1v) is 12.0. The number of rotatable bonds is 8. The number of amides is 1. The van der Waals surface area contributed by atoms with Crippen LogP contribution >= 0.6 is 0 Å². The summed E-state index contributed by atoms with van der Waals surface area (Å²) in [6.45, 7) is 10.2. The third kappa shape index (κ3) is 5.29. The molecule has 0 aliphatic carbocycles. The van der Waals surface area contributed by atoms with E-state index < -0.39 is 0 Å². The van der Waals surface area contributed by atoms with E-state index in [1.807, 2.05) is 64.1 Å². The van der Waals surface area contributed by atoms with Crippen molar-refractivity contribution in [3.8, 4) is 11.4 Å². The molecule has 0 radical (unpaired) electrons. The third-order valence-corrected chi connectivity index (χ3v) is 5.97. The molecule has 0 saturated heterocycles. The van der Waals surface area contributed by atoms with Gasteiger partial charge in [0.15, 0.2) is 0 Å². The maximum absolute atomic E-state index is 13.0. The predicted molar refractivity (Wildman–Crippen MR) is 138 cm³/mol. The highest BCUT2D eigenvalue weighted by Crippen LogP contribution is 2.24. The number of aromatic nitrogens is 3. The van der Waals surface area contributed by atoms with Crippen molar-refractivity contribution < 1.29 is 9.53 Å². The van der Waals surface area contributed by atoms with Gasteiger partial charge in [-0.25, -0.2) is 4.68 Å². The Morgan fingerprint density at radius 2 is 1.69 bits per heavy atom. The minimum Gasteiger partial charge on any atom is -0.491 e. The number of ether oxygens (including phenoxy) is 1. The summed E-state index contributed by atoms with van der Waals surface area (Å²) in [5.74, 6) is 0.547. The molecule has 2 heterocycles. The smallest absolute Gasteiger partial charge is 0.252 e. The zero-order valence-electron chi connectivity index (χ0n) is 21.0. The lowest BCUT2D eigenvalue weighted by molar-refractivity contribution is -0.121. The van der Waals surface area contributed by atoms with Gasteiger partial charge in [0.2, 0.25) is 5.91 Å². The van der Waals surface area contributed by atoms with E-state index in [-0.39, 0.29) is 24.1 Å². The van der Waals surface area contributed by atoms with Gasteiger partial charge in [0.1, 0.15) is 17.9 Å². The third-order valence-electron chi connectivity index (χ3n) is 5.97. The Morgan fingerprint density at radius 1 is 1.03 bits per heavy atom. The highest BCUT2D eigenvalue weighted by molar-refractivity contribution is 5.85. The molecule has 7 nitrogen and oxygen atoms in total. The fourth-order valence-electron chi connectivity index (χ4n) is 4.23. The summed E-state index contributed by atoms with van der Waals surface area (Å²) >= 11 is 0. The molecule has 1 amide bonds. The van der Waals surface area contributed by atoms with Crippen molar-refractivity contribution in [2.24, 2.45) is 0 Å². The van der Waals surface area contributed by atoms with Gasteiger partial charge in [0.25, 0.3) is 5.56 Å². The minimum absolute atomic E-state index is 0.0949. The number of hydrogen-bond acceptors (Lipinski definition) is 4. The molecule has 0 aliphatic rings. The maximum atomic E-state index is 13.0. The zero-order chi connectivity index (χ0) is 25.1. The summed E-state index contributed by atoms with van der Waals surface area (Å²) in [5, 5.41) is 8.53. The molecule has 0 spiro atoms. The lowest BCUT2D eigenvalue weighted by Crippen LogP contribution is -2.32. The van der Waals surface area contributed by atoms with Crippen molar-refractivity contribution in [1.29, 1.82) is 0 Å². The first-order valence-electron chi connectivity index (χ1n) is 12.0. The van der Waals surface area contributed by atoms with E-state index in [9.17, 15) is 9.59 Å². The number of nitrogens with one attached hydrogen (secondary N) is 1. The van der Waals surface area contributed by atoms with Crippen molar-refractivity contribution >= 4 is 16.9 Å². The summed E-state index contributed by atoms with van der Waals surface area (Å²) in [6.07, 6.45) is 1.04. The Balaban J connectivity index is 1.61. The average molecular weight is 473 g/mol. The second kappa shape index (κ2) is 10.2. The number of carbonyl (C=O) groups is 1. The van der Waals surface area contributed by atoms with E-state index in [1.54, 1.807) is 10.7 Å². The van der Waals surface area contributed by atoms with Gasteiger partial charge in [-0.2, -0.15) is 5.10 Å². The first kappa shape index (κ1) is 24.3. The van der Waals surface area contributed by atoms with E-state index in [4.69, 9.17) is 9.84 Å². The Morgan fingerprint density at radius 3 is 2.31 bits per heavy atom. The van der Waals surface area contributed by atoms with Crippen molar-refractivity contribution in [3.63, 3.8) is 0 Å². The van der Waals surface area contributed by atoms with E-state index in [0.29, 0.717) is 12.2 Å². The molecule has 1 N–H and O–H groups in total. The molecular weight excluding hydrogens is 440 g/mol. The Labute approximate surface area is 205 Å². The number of nitrogens with zero attached hydrogens (tertiary/aromatic N) is 3. The van der Waals surface area contributed by atoms with Crippen LogP contribution in [0.5, 0.6) is 5.75 Å². The van der Waals surface area contributed by atoms with Gasteiger partial charge in [-0.15, -0.1) is 0 Å². The van der Waals surface area contributed by atoms with Crippen LogP contribution in [0.15, 0.2) is 59.4 Å². The molecule has 0 unspecified atom stereocenters. The van der Waals surface area contributed by atoms with Gasteiger partial charge in [0.05, 0.1) is 17.5 Å². The molecule has 182 valence electrons. The second-order valence-electron chi connectivity index (χ2n) is 9.05. The molecule has 0 bridgehead atoms. The molecule has 0 saturated carbocycles. The first-order chi connectivity index (χ1) is 16.8. The lowest BCUT2D eigenvalue weighted by Gasteiger charge is -2.13. The zero-order valence-corrected chi connectivity index (χ0v) is 21.0. The SMILES string of the molecule is CCc1ccc(-n2nc(C)c3c(C)cc(=O)n(CC(=O)NCc4ccc(OC(C)C)cc4)c32)cc1. The summed E-state index contributed by atoms with van der Waals surface area (Å²) in [4.78, 5) is 25.9. The van der Waals surface area contributed by atoms with Crippen LogP contribution in [-0.2, 0) is 24.3 Å². The van der Waals surface area contributed by atoms with Crippen LogP contribution in [-0.4, -0.2) is 26.4 Å². The number of benzene rings is 2. The highest BCUT2D eigenvalue weighted by Gasteiger charge is 2.18. The molecule has 2 aromatic heterocycles. The second-order valence-corrected chi connectivity index (χ2v) is 9.05. The largest absolute Gasteiger partial charge is 0.491 e. The van der Waals surface area contributed by atoms with Crippen LogP contribution in [0.2, 0.25) is 0 Å². The van der Waals surface area contributed by atoms with Crippen molar-refractivity contribution in [2.45, 2.75) is 60.2 Å². The molecule has 0 atom stereocenters. The summed E-state index contributed by atoms with van der Waals surface area (Å²) in [7, 11) is 0. The lowest BCUT2D eigenvalue weighted by atomic mass is 10.1. The monoisotopic (exact) mass is 472 g/mol. The number of fused-ring (bicyclic) bond motifs is 1. The van der Waals surface area contributed by atoms with Crippen LogP contribution in [0.25, 0.3) is 16.7 Å². The van der Waals surface area contributed by atoms with E-state index in [2.05, 4.69) is 24.4 Å². The quantitative estimate of drug-likeness (QED) is 0.410. The van der Waals surface area contributed by atoms with Gasteiger partial charge in [-0.1, -0.05) is 31.2 Å². The molecule has 7 heteroatoms. The normalized spacial score (nSPS) is 11.3. The predicted octanol–water partition coefficient (Wildman–Crippen LogP) is 4.47. The summed E-state index contributed by atoms with van der Waals surface area (Å²) < 4.78 is 8.93. The van der Waals surface area contributed by atoms with Crippen molar-refractivity contribution in [2.75, 3.05) is 0 Å². The van der Waals surface area contributed by atoms with Crippen LogP contribution in [0.1, 0.15) is 43.2 Å². The van der Waals surface area contributed by atoms with E-state index in [0.717, 1.165) is 40.1 Å². The Hall–Kier alpha value is -3.87. The molecule has 4 aromatic rings. The van der Waals surface area contributed by atoms with Gasteiger partial charge in [-0.05, 0) is 75.1 Å². The van der Waals surface area contributed by atoms with Crippen LogP contribution in [0.3, 0.4) is 0 Å². The average Bonchev–Trinajstić information content (AvgIpc) is 3.18. The van der Waals surface area contributed by atoms with Crippen LogP contribution < -0.4 is 15.6 Å². The molecule has 2 aromatic carbocycles. The molecule has 35 heavy (non-hydrogen) atoms. The standard InChI is InChI=1S/C28H32N4O3/c1-6-21-7-11-23(12-8-21)32-28-27(20(5)30-32)19(4)15-26(34)31(28)17-25(33)29-16-22-9-13-24(14-10-22)35-18(2)3/h7-15,18H,6,16-17H2,1-5H3,(H,29,33). The topological polar surface area (TPSA) is 78.2 Å². The summed E-state index contributed by atoms with van der Waals surface area (Å²) in [5.41, 5.74) is 5.08. The van der Waals surface area contributed by atoms with E-state index >= 15 is 0 Å². The van der Waals surface area contributed by atoms with Crippen LogP contribution in [0.4, 0.5) is 0 Å². The van der Waals surface area contributed by atoms with Gasteiger partial charge in [-0.3, -0.25) is 14.2 Å². The van der Waals surface area contributed by atoms with E-state index in [1.165, 1.54) is 10.1 Å². The number of aryl methyl sites for hydroxylation is 3.